The van der Waals surface area contributed by atoms with Gasteiger partial charge in [-0.05, 0) is 38.1 Å². The van der Waals surface area contributed by atoms with Gasteiger partial charge >= 0.3 is 0 Å². The molecule has 0 atom stereocenters. The lowest BCUT2D eigenvalue weighted by atomic mass is 10.1. The van der Waals surface area contributed by atoms with Crippen LogP contribution in [0.15, 0.2) is 100 Å². The Bertz CT molecular complexity index is 932. The SMILES string of the molecule is C/C(=C/C(=O)c1ccccc1)Nc1ccccc1Sc1cccc(C)c1. The zero-order valence-corrected chi connectivity index (χ0v) is 15.7. The monoisotopic (exact) mass is 359 g/mol. The van der Waals surface area contributed by atoms with Crippen LogP contribution in [0.4, 0.5) is 5.69 Å². The lowest BCUT2D eigenvalue weighted by molar-refractivity contribution is 0.104. The number of carbonyl (C=O) groups excluding carboxylic acids is 1. The highest BCUT2D eigenvalue weighted by Crippen LogP contribution is 2.34. The van der Waals surface area contributed by atoms with Gasteiger partial charge in [0.2, 0.25) is 0 Å². The Morgan fingerprint density at radius 1 is 0.923 bits per heavy atom. The molecule has 0 saturated heterocycles. The number of anilines is 1. The van der Waals surface area contributed by atoms with E-state index in [9.17, 15) is 4.79 Å². The van der Waals surface area contributed by atoms with E-state index >= 15 is 0 Å². The summed E-state index contributed by atoms with van der Waals surface area (Å²) in [6.07, 6.45) is 1.64. The van der Waals surface area contributed by atoms with Crippen molar-refractivity contribution < 1.29 is 4.79 Å². The third-order valence-corrected chi connectivity index (χ3v) is 4.91. The van der Waals surface area contributed by atoms with E-state index in [0.29, 0.717) is 5.56 Å². The predicted octanol–water partition coefficient (Wildman–Crippen LogP) is 6.34. The van der Waals surface area contributed by atoms with Gasteiger partial charge in [0.1, 0.15) is 0 Å². The highest BCUT2D eigenvalue weighted by atomic mass is 32.2. The molecule has 3 heteroatoms. The van der Waals surface area contributed by atoms with Gasteiger partial charge in [-0.3, -0.25) is 4.79 Å². The number of ketones is 1. The molecule has 0 aliphatic rings. The molecule has 130 valence electrons. The maximum Gasteiger partial charge on any atom is 0.187 e. The molecule has 0 unspecified atom stereocenters. The Morgan fingerprint density at radius 3 is 2.42 bits per heavy atom. The molecule has 0 spiro atoms. The van der Waals surface area contributed by atoms with E-state index in [-0.39, 0.29) is 5.78 Å². The van der Waals surface area contributed by atoms with Crippen LogP contribution in [0, 0.1) is 6.92 Å². The van der Waals surface area contributed by atoms with Crippen molar-refractivity contribution in [3.05, 3.63) is 102 Å². The first-order valence-electron chi connectivity index (χ1n) is 8.50. The molecule has 0 radical (unpaired) electrons. The molecule has 0 fully saturated rings. The zero-order valence-electron chi connectivity index (χ0n) is 14.9. The molecule has 3 aromatic carbocycles. The van der Waals surface area contributed by atoms with E-state index < -0.39 is 0 Å². The van der Waals surface area contributed by atoms with E-state index in [1.54, 1.807) is 17.8 Å². The van der Waals surface area contributed by atoms with Gasteiger partial charge in [-0.1, -0.05) is 71.9 Å². The molecular formula is C23H21NOS. The summed E-state index contributed by atoms with van der Waals surface area (Å²) < 4.78 is 0. The van der Waals surface area contributed by atoms with Crippen LogP contribution < -0.4 is 5.32 Å². The topological polar surface area (TPSA) is 29.1 Å². The molecule has 0 aromatic heterocycles. The largest absolute Gasteiger partial charge is 0.358 e. The predicted molar refractivity (Wildman–Crippen MR) is 110 cm³/mol. The number of hydrogen-bond acceptors (Lipinski definition) is 3. The first kappa shape index (κ1) is 18.0. The smallest absolute Gasteiger partial charge is 0.187 e. The molecule has 2 nitrogen and oxygen atoms in total. The fourth-order valence-electron chi connectivity index (χ4n) is 2.60. The van der Waals surface area contributed by atoms with Crippen molar-refractivity contribution >= 4 is 23.2 Å². The molecule has 1 N–H and O–H groups in total. The number of aryl methyl sites for hydroxylation is 1. The summed E-state index contributed by atoms with van der Waals surface area (Å²) in [5.74, 6) is -0.000539. The standard InChI is InChI=1S/C23H21NOS/c1-17-9-8-12-20(15-17)26-23-14-7-6-13-21(23)24-18(2)16-22(25)19-10-4-3-5-11-19/h3-16,24H,1-2H3/b18-16-. The number of allylic oxidation sites excluding steroid dienone is 2. The molecule has 26 heavy (non-hydrogen) atoms. The van der Waals surface area contributed by atoms with Gasteiger partial charge < -0.3 is 5.32 Å². The lowest BCUT2D eigenvalue weighted by Gasteiger charge is -2.12. The van der Waals surface area contributed by atoms with Crippen LogP contribution in [0.3, 0.4) is 0 Å². The van der Waals surface area contributed by atoms with E-state index in [0.717, 1.165) is 16.3 Å². The molecule has 0 aliphatic carbocycles. The Kier molecular flexibility index (Phi) is 5.92. The summed E-state index contributed by atoms with van der Waals surface area (Å²) in [6, 6.07) is 25.9. The van der Waals surface area contributed by atoms with Gasteiger partial charge in [-0.2, -0.15) is 0 Å². The second kappa shape index (κ2) is 8.54. The van der Waals surface area contributed by atoms with Crippen molar-refractivity contribution in [3.8, 4) is 0 Å². The third-order valence-electron chi connectivity index (χ3n) is 3.84. The zero-order chi connectivity index (χ0) is 18.4. The molecule has 0 bridgehead atoms. The van der Waals surface area contributed by atoms with Gasteiger partial charge in [-0.25, -0.2) is 0 Å². The average Bonchev–Trinajstić information content (AvgIpc) is 2.64. The molecule has 0 aliphatic heterocycles. The summed E-state index contributed by atoms with van der Waals surface area (Å²) in [6.45, 7) is 4.01. The van der Waals surface area contributed by atoms with Gasteiger partial charge in [0.15, 0.2) is 5.78 Å². The van der Waals surface area contributed by atoms with Gasteiger partial charge in [-0.15, -0.1) is 0 Å². The first-order chi connectivity index (χ1) is 12.6. The van der Waals surface area contributed by atoms with E-state index in [1.807, 2.05) is 55.5 Å². The second-order valence-electron chi connectivity index (χ2n) is 6.10. The second-order valence-corrected chi connectivity index (χ2v) is 7.21. The Hall–Kier alpha value is -2.78. The number of nitrogens with one attached hydrogen (secondary N) is 1. The molecule has 0 heterocycles. The molecule has 0 amide bonds. The van der Waals surface area contributed by atoms with E-state index in [1.165, 1.54) is 10.5 Å². The summed E-state index contributed by atoms with van der Waals surface area (Å²) in [7, 11) is 0. The maximum absolute atomic E-state index is 12.3. The quantitative estimate of drug-likeness (QED) is 0.411. The first-order valence-corrected chi connectivity index (χ1v) is 9.32. The van der Waals surface area contributed by atoms with E-state index in [2.05, 4.69) is 42.6 Å². The normalized spacial score (nSPS) is 11.2. The number of para-hydroxylation sites is 1. The van der Waals surface area contributed by atoms with Crippen LogP contribution in [-0.2, 0) is 0 Å². The molecule has 0 saturated carbocycles. The Labute approximate surface area is 159 Å². The van der Waals surface area contributed by atoms with Crippen LogP contribution in [0.1, 0.15) is 22.8 Å². The van der Waals surface area contributed by atoms with Crippen LogP contribution >= 0.6 is 11.8 Å². The number of carbonyl (C=O) groups is 1. The van der Waals surface area contributed by atoms with Crippen LogP contribution in [0.5, 0.6) is 0 Å². The van der Waals surface area contributed by atoms with Crippen molar-refractivity contribution in [2.45, 2.75) is 23.6 Å². The van der Waals surface area contributed by atoms with E-state index in [4.69, 9.17) is 0 Å². The highest BCUT2D eigenvalue weighted by Gasteiger charge is 2.06. The maximum atomic E-state index is 12.3. The van der Waals surface area contributed by atoms with Crippen LogP contribution in [0.2, 0.25) is 0 Å². The summed E-state index contributed by atoms with van der Waals surface area (Å²) in [5.41, 5.74) is 3.74. The summed E-state index contributed by atoms with van der Waals surface area (Å²) >= 11 is 1.71. The molecular weight excluding hydrogens is 338 g/mol. The number of benzene rings is 3. The van der Waals surface area contributed by atoms with Crippen LogP contribution in [0.25, 0.3) is 0 Å². The lowest BCUT2D eigenvalue weighted by Crippen LogP contribution is -2.02. The van der Waals surface area contributed by atoms with Crippen molar-refractivity contribution in [2.75, 3.05) is 5.32 Å². The highest BCUT2D eigenvalue weighted by molar-refractivity contribution is 7.99. The fraction of sp³-hybridized carbons (Fsp3) is 0.0870. The molecule has 3 aromatic rings. The minimum Gasteiger partial charge on any atom is -0.358 e. The Balaban J connectivity index is 1.77. The number of hydrogen-bond donors (Lipinski definition) is 1. The number of rotatable bonds is 6. The van der Waals surface area contributed by atoms with Crippen LogP contribution in [-0.4, -0.2) is 5.78 Å². The minimum absolute atomic E-state index is 0.000539. The van der Waals surface area contributed by atoms with Gasteiger partial charge in [0.25, 0.3) is 0 Å². The average molecular weight is 359 g/mol. The fourth-order valence-corrected chi connectivity index (χ4v) is 3.62. The Morgan fingerprint density at radius 2 is 1.65 bits per heavy atom. The van der Waals surface area contributed by atoms with Gasteiger partial charge in [0.05, 0.1) is 5.69 Å². The van der Waals surface area contributed by atoms with Gasteiger partial charge in [0, 0.05) is 27.1 Å². The van der Waals surface area contributed by atoms with Crippen molar-refractivity contribution in [1.82, 2.24) is 0 Å². The third kappa shape index (κ3) is 4.87. The van der Waals surface area contributed by atoms with Crippen molar-refractivity contribution in [3.63, 3.8) is 0 Å². The molecule has 3 rings (SSSR count). The summed E-state index contributed by atoms with van der Waals surface area (Å²) in [5, 5.41) is 3.37. The minimum atomic E-state index is -0.000539. The summed E-state index contributed by atoms with van der Waals surface area (Å²) in [4.78, 5) is 14.7. The van der Waals surface area contributed by atoms with Crippen molar-refractivity contribution in [2.24, 2.45) is 0 Å². The van der Waals surface area contributed by atoms with Crippen molar-refractivity contribution in [1.29, 1.82) is 0 Å².